The monoisotopic (exact) mass is 247 g/mol. The van der Waals surface area contributed by atoms with Gasteiger partial charge in [0.2, 0.25) is 0 Å². The van der Waals surface area contributed by atoms with E-state index < -0.39 is 18.8 Å². The summed E-state index contributed by atoms with van der Waals surface area (Å²) in [6.45, 7) is -0.491. The van der Waals surface area contributed by atoms with Crippen LogP contribution in [0.5, 0.6) is 0 Å². The van der Waals surface area contributed by atoms with E-state index in [0.717, 1.165) is 0 Å². The Kier molecular flexibility index (Phi) is 3.80. The number of halogens is 1. The summed E-state index contributed by atoms with van der Waals surface area (Å²) in [4.78, 5) is 3.94. The fourth-order valence-corrected chi connectivity index (χ4v) is 1.24. The highest BCUT2D eigenvalue weighted by Crippen LogP contribution is 2.16. The molecule has 3 N–H and O–H groups in total. The van der Waals surface area contributed by atoms with Crippen molar-refractivity contribution >= 4 is 15.9 Å². The zero-order valence-corrected chi connectivity index (χ0v) is 8.35. The van der Waals surface area contributed by atoms with Gasteiger partial charge in [0.25, 0.3) is 0 Å². The Bertz CT molecular complexity index is 282. The van der Waals surface area contributed by atoms with Crippen molar-refractivity contribution in [2.45, 2.75) is 12.2 Å². The predicted octanol–water partition coefficient (Wildman–Crippen LogP) is 0.231. The van der Waals surface area contributed by atoms with Gasteiger partial charge in [-0.25, -0.2) is 4.98 Å². The van der Waals surface area contributed by atoms with E-state index in [1.807, 2.05) is 0 Å². The second kappa shape index (κ2) is 4.66. The standard InChI is InChI=1S/C8H10BrNO3/c9-7-3-1-2-5(10-7)8(13)6(12)4-11/h1-3,6,8,11-13H,4H2. The number of aliphatic hydroxyl groups excluding tert-OH is 3. The predicted molar refractivity (Wildman–Crippen MR) is 50.0 cm³/mol. The summed E-state index contributed by atoms with van der Waals surface area (Å²) in [6.07, 6.45) is -2.34. The van der Waals surface area contributed by atoms with Crippen molar-refractivity contribution in [2.24, 2.45) is 0 Å². The molecule has 0 bridgehead atoms. The molecule has 1 aromatic heterocycles. The van der Waals surface area contributed by atoms with Gasteiger partial charge in [0.1, 0.15) is 16.8 Å². The highest BCUT2D eigenvalue weighted by atomic mass is 79.9. The Labute approximate surface area is 84.0 Å². The van der Waals surface area contributed by atoms with E-state index in [1.54, 1.807) is 18.2 Å². The SMILES string of the molecule is OCC(O)C(O)c1cccc(Br)n1. The molecule has 0 saturated carbocycles. The molecule has 13 heavy (non-hydrogen) atoms. The van der Waals surface area contributed by atoms with Crippen molar-refractivity contribution < 1.29 is 15.3 Å². The number of hydrogen-bond donors (Lipinski definition) is 3. The first-order valence-electron chi connectivity index (χ1n) is 3.74. The van der Waals surface area contributed by atoms with Crippen LogP contribution < -0.4 is 0 Å². The van der Waals surface area contributed by atoms with Crippen LogP contribution in [0.4, 0.5) is 0 Å². The third kappa shape index (κ3) is 2.73. The second-order valence-electron chi connectivity index (χ2n) is 2.58. The topological polar surface area (TPSA) is 73.6 Å². The first-order chi connectivity index (χ1) is 6.15. The van der Waals surface area contributed by atoms with E-state index in [9.17, 15) is 5.11 Å². The molecule has 0 aromatic carbocycles. The molecule has 1 rings (SSSR count). The fourth-order valence-electron chi connectivity index (χ4n) is 0.886. The minimum absolute atomic E-state index is 0.330. The third-order valence-corrected chi connectivity index (χ3v) is 2.03. The Morgan fingerprint density at radius 1 is 1.38 bits per heavy atom. The van der Waals surface area contributed by atoms with Gasteiger partial charge >= 0.3 is 0 Å². The van der Waals surface area contributed by atoms with Crippen LogP contribution in [0.25, 0.3) is 0 Å². The molecule has 0 amide bonds. The van der Waals surface area contributed by atoms with Crippen LogP contribution in [0.1, 0.15) is 11.8 Å². The van der Waals surface area contributed by atoms with Crippen molar-refractivity contribution in [2.75, 3.05) is 6.61 Å². The lowest BCUT2D eigenvalue weighted by molar-refractivity contribution is -0.0173. The molecule has 0 aliphatic carbocycles. The van der Waals surface area contributed by atoms with E-state index in [4.69, 9.17) is 10.2 Å². The maximum Gasteiger partial charge on any atom is 0.124 e. The molecule has 1 aromatic rings. The van der Waals surface area contributed by atoms with Crippen molar-refractivity contribution in [3.63, 3.8) is 0 Å². The quantitative estimate of drug-likeness (QED) is 0.669. The summed E-state index contributed by atoms with van der Waals surface area (Å²) >= 11 is 3.14. The molecule has 0 radical (unpaired) electrons. The van der Waals surface area contributed by atoms with Gasteiger partial charge in [0.05, 0.1) is 12.3 Å². The smallest absolute Gasteiger partial charge is 0.124 e. The number of aromatic nitrogens is 1. The first-order valence-corrected chi connectivity index (χ1v) is 4.54. The van der Waals surface area contributed by atoms with Gasteiger partial charge in [-0.1, -0.05) is 6.07 Å². The van der Waals surface area contributed by atoms with Gasteiger partial charge in [0.15, 0.2) is 0 Å². The van der Waals surface area contributed by atoms with Crippen molar-refractivity contribution in [1.29, 1.82) is 0 Å². The van der Waals surface area contributed by atoms with Crippen LogP contribution in [0.15, 0.2) is 22.8 Å². The largest absolute Gasteiger partial charge is 0.394 e. The van der Waals surface area contributed by atoms with Crippen LogP contribution in [0.2, 0.25) is 0 Å². The molecule has 0 saturated heterocycles. The summed E-state index contributed by atoms with van der Waals surface area (Å²) in [6, 6.07) is 4.98. The number of aliphatic hydroxyl groups is 3. The average molecular weight is 248 g/mol. The molecular formula is C8H10BrNO3. The van der Waals surface area contributed by atoms with Gasteiger partial charge in [-0.3, -0.25) is 0 Å². The van der Waals surface area contributed by atoms with Gasteiger partial charge in [0, 0.05) is 0 Å². The Balaban J connectivity index is 2.82. The van der Waals surface area contributed by atoms with E-state index in [0.29, 0.717) is 10.3 Å². The van der Waals surface area contributed by atoms with E-state index in [2.05, 4.69) is 20.9 Å². The summed E-state index contributed by atoms with van der Waals surface area (Å²) in [5.74, 6) is 0. The maximum atomic E-state index is 9.42. The molecule has 0 spiro atoms. The Hall–Kier alpha value is -0.490. The Morgan fingerprint density at radius 2 is 2.08 bits per heavy atom. The van der Waals surface area contributed by atoms with Crippen LogP contribution in [-0.4, -0.2) is 33.0 Å². The molecule has 4 nitrogen and oxygen atoms in total. The van der Waals surface area contributed by atoms with Crippen molar-refractivity contribution in [3.8, 4) is 0 Å². The number of hydrogen-bond acceptors (Lipinski definition) is 4. The number of nitrogens with zero attached hydrogens (tertiary/aromatic N) is 1. The van der Waals surface area contributed by atoms with Crippen LogP contribution in [-0.2, 0) is 0 Å². The highest BCUT2D eigenvalue weighted by molar-refractivity contribution is 9.10. The Morgan fingerprint density at radius 3 is 2.62 bits per heavy atom. The molecule has 72 valence electrons. The van der Waals surface area contributed by atoms with Gasteiger partial charge in [-0.05, 0) is 28.1 Å². The fraction of sp³-hybridized carbons (Fsp3) is 0.375. The minimum atomic E-state index is -1.19. The number of pyridine rings is 1. The van der Waals surface area contributed by atoms with Crippen LogP contribution >= 0.6 is 15.9 Å². The van der Waals surface area contributed by atoms with Gasteiger partial charge < -0.3 is 15.3 Å². The molecule has 0 fully saturated rings. The highest BCUT2D eigenvalue weighted by Gasteiger charge is 2.18. The van der Waals surface area contributed by atoms with Crippen LogP contribution in [0, 0.1) is 0 Å². The zero-order chi connectivity index (χ0) is 9.84. The van der Waals surface area contributed by atoms with E-state index in [1.165, 1.54) is 0 Å². The summed E-state index contributed by atoms with van der Waals surface area (Å²) in [5.41, 5.74) is 0.330. The van der Waals surface area contributed by atoms with Crippen LogP contribution in [0.3, 0.4) is 0 Å². The molecule has 2 atom stereocenters. The lowest BCUT2D eigenvalue weighted by Gasteiger charge is -2.14. The van der Waals surface area contributed by atoms with Crippen molar-refractivity contribution in [3.05, 3.63) is 28.5 Å². The summed E-state index contributed by atoms with van der Waals surface area (Å²) in [7, 11) is 0. The average Bonchev–Trinajstić information content (AvgIpc) is 2.15. The van der Waals surface area contributed by atoms with Gasteiger partial charge in [-0.15, -0.1) is 0 Å². The molecule has 2 unspecified atom stereocenters. The molecule has 0 aliphatic heterocycles. The lowest BCUT2D eigenvalue weighted by atomic mass is 10.1. The third-order valence-electron chi connectivity index (χ3n) is 1.59. The number of rotatable bonds is 3. The first kappa shape index (κ1) is 10.6. The lowest BCUT2D eigenvalue weighted by Crippen LogP contribution is -2.22. The molecular weight excluding hydrogens is 238 g/mol. The molecule has 5 heteroatoms. The zero-order valence-electron chi connectivity index (χ0n) is 6.76. The summed E-state index contributed by atoms with van der Waals surface area (Å²) < 4.78 is 0.578. The normalized spacial score (nSPS) is 15.4. The molecule has 0 aliphatic rings. The minimum Gasteiger partial charge on any atom is -0.394 e. The van der Waals surface area contributed by atoms with Gasteiger partial charge in [-0.2, -0.15) is 0 Å². The van der Waals surface area contributed by atoms with Crippen molar-refractivity contribution in [1.82, 2.24) is 4.98 Å². The van der Waals surface area contributed by atoms with E-state index >= 15 is 0 Å². The summed E-state index contributed by atoms with van der Waals surface area (Å²) in [5, 5.41) is 27.1. The van der Waals surface area contributed by atoms with E-state index in [-0.39, 0.29) is 0 Å². The second-order valence-corrected chi connectivity index (χ2v) is 3.39. The maximum absolute atomic E-state index is 9.42. The molecule has 1 heterocycles.